The topological polar surface area (TPSA) is 136 Å². The SMILES string of the molecule is CC(C)CNC(=O)CNc1nc(N)ncc1[N+](=O)[O-]. The molecule has 1 aromatic rings. The van der Waals surface area contributed by atoms with Gasteiger partial charge in [0.25, 0.3) is 0 Å². The van der Waals surface area contributed by atoms with Gasteiger partial charge < -0.3 is 16.4 Å². The summed E-state index contributed by atoms with van der Waals surface area (Å²) in [5.41, 5.74) is 5.02. The van der Waals surface area contributed by atoms with E-state index in [0.29, 0.717) is 12.5 Å². The molecule has 1 rings (SSSR count). The van der Waals surface area contributed by atoms with Gasteiger partial charge in [-0.25, -0.2) is 4.98 Å². The zero-order valence-corrected chi connectivity index (χ0v) is 10.7. The number of hydrogen-bond acceptors (Lipinski definition) is 7. The van der Waals surface area contributed by atoms with Crippen molar-refractivity contribution in [2.75, 3.05) is 24.1 Å². The predicted octanol–water partition coefficient (Wildman–Crippen LogP) is 0.151. The van der Waals surface area contributed by atoms with E-state index in [0.717, 1.165) is 6.20 Å². The number of aromatic nitrogens is 2. The Kier molecular flexibility index (Phi) is 4.98. The smallest absolute Gasteiger partial charge is 0.329 e. The molecule has 0 aliphatic rings. The molecule has 0 saturated carbocycles. The van der Waals surface area contributed by atoms with Crippen LogP contribution in [0.1, 0.15) is 13.8 Å². The Morgan fingerprint density at radius 3 is 2.84 bits per heavy atom. The molecule has 0 aliphatic carbocycles. The first-order chi connectivity index (χ1) is 8.90. The molecular weight excluding hydrogens is 252 g/mol. The fourth-order valence-electron chi connectivity index (χ4n) is 1.20. The standard InChI is InChI=1S/C10H16N6O3/c1-6(2)3-12-8(17)5-13-9-7(16(18)19)4-14-10(11)15-9/h4,6H,3,5H2,1-2H3,(H,12,17)(H3,11,13,14,15). The second-order valence-corrected chi connectivity index (χ2v) is 4.27. The summed E-state index contributed by atoms with van der Waals surface area (Å²) in [5.74, 6) is -0.124. The highest BCUT2D eigenvalue weighted by molar-refractivity contribution is 5.81. The number of nitrogens with one attached hydrogen (secondary N) is 2. The highest BCUT2D eigenvalue weighted by Gasteiger charge is 2.17. The molecule has 0 aliphatic heterocycles. The molecule has 9 heteroatoms. The molecular formula is C10H16N6O3. The lowest BCUT2D eigenvalue weighted by Gasteiger charge is -2.09. The van der Waals surface area contributed by atoms with Crippen molar-refractivity contribution in [2.45, 2.75) is 13.8 Å². The van der Waals surface area contributed by atoms with Crippen molar-refractivity contribution in [3.63, 3.8) is 0 Å². The van der Waals surface area contributed by atoms with Crippen LogP contribution in [0.3, 0.4) is 0 Å². The number of amides is 1. The van der Waals surface area contributed by atoms with Crippen molar-refractivity contribution >= 4 is 23.4 Å². The van der Waals surface area contributed by atoms with E-state index in [2.05, 4.69) is 20.6 Å². The lowest BCUT2D eigenvalue weighted by atomic mass is 10.2. The third kappa shape index (κ3) is 4.74. The number of rotatable bonds is 6. The lowest BCUT2D eigenvalue weighted by molar-refractivity contribution is -0.384. The van der Waals surface area contributed by atoms with Crippen molar-refractivity contribution in [3.05, 3.63) is 16.3 Å². The van der Waals surface area contributed by atoms with Crippen LogP contribution in [0.4, 0.5) is 17.5 Å². The maximum atomic E-state index is 11.5. The van der Waals surface area contributed by atoms with Crippen molar-refractivity contribution in [2.24, 2.45) is 5.92 Å². The first kappa shape index (κ1) is 14.6. The Labute approximate surface area is 109 Å². The Bertz CT molecular complexity index is 476. The number of nitrogens with two attached hydrogens (primary N) is 1. The van der Waals surface area contributed by atoms with Crippen molar-refractivity contribution < 1.29 is 9.72 Å². The Balaban J connectivity index is 2.64. The van der Waals surface area contributed by atoms with Gasteiger partial charge in [0.1, 0.15) is 6.20 Å². The van der Waals surface area contributed by atoms with Crippen LogP contribution in [0.15, 0.2) is 6.20 Å². The summed E-state index contributed by atoms with van der Waals surface area (Å²) in [4.78, 5) is 28.8. The summed E-state index contributed by atoms with van der Waals surface area (Å²) in [7, 11) is 0. The van der Waals surface area contributed by atoms with Gasteiger partial charge in [-0.2, -0.15) is 4.98 Å². The number of carbonyl (C=O) groups is 1. The fraction of sp³-hybridized carbons (Fsp3) is 0.500. The monoisotopic (exact) mass is 268 g/mol. The van der Waals surface area contributed by atoms with E-state index in [-0.39, 0.29) is 29.9 Å². The van der Waals surface area contributed by atoms with Crippen LogP contribution in [0, 0.1) is 16.0 Å². The highest BCUT2D eigenvalue weighted by atomic mass is 16.6. The van der Waals surface area contributed by atoms with E-state index in [4.69, 9.17) is 5.73 Å². The molecule has 1 amide bonds. The summed E-state index contributed by atoms with van der Waals surface area (Å²) in [6, 6.07) is 0. The van der Waals surface area contributed by atoms with Crippen LogP contribution in [-0.2, 0) is 4.79 Å². The Hall–Kier alpha value is -2.45. The molecule has 9 nitrogen and oxygen atoms in total. The van der Waals surface area contributed by atoms with E-state index in [1.807, 2.05) is 13.8 Å². The van der Waals surface area contributed by atoms with Crippen LogP contribution >= 0.6 is 0 Å². The molecule has 0 spiro atoms. The van der Waals surface area contributed by atoms with Gasteiger partial charge in [0.05, 0.1) is 11.5 Å². The summed E-state index contributed by atoms with van der Waals surface area (Å²) in [6.07, 6.45) is 0.997. The summed E-state index contributed by atoms with van der Waals surface area (Å²) >= 11 is 0. The van der Waals surface area contributed by atoms with Gasteiger partial charge in [0.15, 0.2) is 0 Å². The number of hydrogen-bond donors (Lipinski definition) is 3. The molecule has 0 saturated heterocycles. The quantitative estimate of drug-likeness (QED) is 0.493. The maximum absolute atomic E-state index is 11.5. The molecule has 0 aromatic carbocycles. The number of nitrogen functional groups attached to an aromatic ring is 1. The van der Waals surface area contributed by atoms with Gasteiger partial charge in [0.2, 0.25) is 17.7 Å². The lowest BCUT2D eigenvalue weighted by Crippen LogP contribution is -2.32. The predicted molar refractivity (Wildman–Crippen MR) is 69.4 cm³/mol. The second kappa shape index (κ2) is 6.47. The molecule has 0 unspecified atom stereocenters. The normalized spacial score (nSPS) is 10.3. The molecule has 104 valence electrons. The molecule has 1 aromatic heterocycles. The summed E-state index contributed by atoms with van der Waals surface area (Å²) in [6.45, 7) is 4.34. The summed E-state index contributed by atoms with van der Waals surface area (Å²) < 4.78 is 0. The molecule has 0 atom stereocenters. The number of anilines is 2. The maximum Gasteiger partial charge on any atom is 0.329 e. The van der Waals surface area contributed by atoms with Gasteiger partial charge in [-0.15, -0.1) is 0 Å². The van der Waals surface area contributed by atoms with Crippen molar-refractivity contribution in [1.82, 2.24) is 15.3 Å². The summed E-state index contributed by atoms with van der Waals surface area (Å²) in [5, 5.41) is 16.0. The largest absolute Gasteiger partial charge is 0.368 e. The Morgan fingerprint density at radius 2 is 2.26 bits per heavy atom. The van der Waals surface area contributed by atoms with Crippen molar-refractivity contribution in [1.29, 1.82) is 0 Å². The van der Waals surface area contributed by atoms with Gasteiger partial charge in [0, 0.05) is 6.54 Å². The zero-order valence-electron chi connectivity index (χ0n) is 10.7. The third-order valence-electron chi connectivity index (χ3n) is 2.11. The minimum atomic E-state index is -0.645. The van der Waals surface area contributed by atoms with Crippen LogP contribution < -0.4 is 16.4 Å². The van der Waals surface area contributed by atoms with Gasteiger partial charge >= 0.3 is 5.69 Å². The number of nitrogens with zero attached hydrogens (tertiary/aromatic N) is 3. The first-order valence-corrected chi connectivity index (χ1v) is 5.67. The van der Waals surface area contributed by atoms with Gasteiger partial charge in [-0.3, -0.25) is 14.9 Å². The van der Waals surface area contributed by atoms with Crippen LogP contribution in [-0.4, -0.2) is 33.9 Å². The zero-order chi connectivity index (χ0) is 14.4. The molecule has 0 radical (unpaired) electrons. The number of carbonyl (C=O) groups excluding carboxylic acids is 1. The van der Waals surface area contributed by atoms with E-state index >= 15 is 0 Å². The first-order valence-electron chi connectivity index (χ1n) is 5.67. The second-order valence-electron chi connectivity index (χ2n) is 4.27. The van der Waals surface area contributed by atoms with Crippen molar-refractivity contribution in [3.8, 4) is 0 Å². The minimum absolute atomic E-state index is 0.0720. The molecule has 19 heavy (non-hydrogen) atoms. The van der Waals surface area contributed by atoms with Crippen LogP contribution in [0.5, 0.6) is 0 Å². The minimum Gasteiger partial charge on any atom is -0.368 e. The fourth-order valence-corrected chi connectivity index (χ4v) is 1.20. The van der Waals surface area contributed by atoms with Gasteiger partial charge in [-0.1, -0.05) is 13.8 Å². The third-order valence-corrected chi connectivity index (χ3v) is 2.11. The number of nitro groups is 1. The molecule has 0 bridgehead atoms. The van der Waals surface area contributed by atoms with E-state index in [9.17, 15) is 14.9 Å². The van der Waals surface area contributed by atoms with Gasteiger partial charge in [-0.05, 0) is 5.92 Å². The molecule has 4 N–H and O–H groups in total. The van der Waals surface area contributed by atoms with E-state index in [1.54, 1.807) is 0 Å². The highest BCUT2D eigenvalue weighted by Crippen LogP contribution is 2.20. The van der Waals surface area contributed by atoms with Crippen LogP contribution in [0.2, 0.25) is 0 Å². The van der Waals surface area contributed by atoms with E-state index < -0.39 is 4.92 Å². The Morgan fingerprint density at radius 1 is 1.58 bits per heavy atom. The molecule has 1 heterocycles. The van der Waals surface area contributed by atoms with Crippen LogP contribution in [0.25, 0.3) is 0 Å². The van der Waals surface area contributed by atoms with E-state index in [1.165, 1.54) is 0 Å². The average Bonchev–Trinajstić information content (AvgIpc) is 2.33. The molecule has 0 fully saturated rings. The average molecular weight is 268 g/mol.